The molecule has 0 aromatic carbocycles. The van der Waals surface area contributed by atoms with Crippen LogP contribution in [0.4, 0.5) is 13.2 Å². The quantitative estimate of drug-likeness (QED) is 0.735. The van der Waals surface area contributed by atoms with E-state index in [1.54, 1.807) is 17.5 Å². The topological polar surface area (TPSA) is 37.4 Å². The molecule has 0 unspecified atom stereocenters. The Morgan fingerprint density at radius 1 is 1.23 bits per heavy atom. The molecule has 2 heterocycles. The summed E-state index contributed by atoms with van der Waals surface area (Å²) in [4.78, 5) is 23.7. The highest BCUT2D eigenvalue weighted by Crippen LogP contribution is 2.41. The molecule has 7 heteroatoms. The Balaban J connectivity index is 1.98. The first-order valence-corrected chi connectivity index (χ1v) is 7.60. The molecule has 1 aromatic heterocycles. The molecule has 0 N–H and O–H groups in total. The number of carbonyl (C=O) groups is 2. The summed E-state index contributed by atoms with van der Waals surface area (Å²) in [6, 6.07) is 0. The minimum Gasteiger partial charge on any atom is -0.330 e. The van der Waals surface area contributed by atoms with Gasteiger partial charge in [-0.2, -0.15) is 24.5 Å². The van der Waals surface area contributed by atoms with Gasteiger partial charge in [0.15, 0.2) is 5.78 Å². The summed E-state index contributed by atoms with van der Waals surface area (Å²) in [7, 11) is 0. The second kappa shape index (κ2) is 5.08. The maximum atomic E-state index is 12.7. The van der Waals surface area contributed by atoms with E-state index in [1.165, 1.54) is 23.5 Å². The summed E-state index contributed by atoms with van der Waals surface area (Å²) in [5.41, 5.74) is 0.961. The first-order chi connectivity index (χ1) is 10.3. The van der Waals surface area contributed by atoms with Crippen LogP contribution < -0.4 is 0 Å². The summed E-state index contributed by atoms with van der Waals surface area (Å²) in [6.45, 7) is -0.0743. The second-order valence-corrected chi connectivity index (χ2v) is 6.14. The molecule has 0 radical (unpaired) electrons. The Hall–Kier alpha value is -1.89. The number of rotatable bonds is 0. The maximum Gasteiger partial charge on any atom is 0.471 e. The highest BCUT2D eigenvalue weighted by Gasteiger charge is 2.45. The van der Waals surface area contributed by atoms with Gasteiger partial charge in [0.05, 0.1) is 0 Å². The highest BCUT2D eigenvalue weighted by atomic mass is 32.1. The molecule has 1 aliphatic heterocycles. The number of hydrogen-bond acceptors (Lipinski definition) is 3. The Bertz CT molecular complexity index is 671. The molecule has 1 spiro atoms. The summed E-state index contributed by atoms with van der Waals surface area (Å²) in [6.07, 6.45) is 1.76. The zero-order valence-electron chi connectivity index (χ0n) is 11.4. The van der Waals surface area contributed by atoms with Crippen molar-refractivity contribution >= 4 is 23.0 Å². The summed E-state index contributed by atoms with van der Waals surface area (Å²) in [5.74, 6) is -1.96. The van der Waals surface area contributed by atoms with Crippen molar-refractivity contribution in [1.29, 1.82) is 0 Å². The molecule has 116 valence electrons. The molecule has 1 amide bonds. The first-order valence-electron chi connectivity index (χ1n) is 6.66. The molecule has 1 aliphatic carbocycles. The number of ketones is 1. The van der Waals surface area contributed by atoms with Crippen LogP contribution in [0.1, 0.15) is 17.5 Å². The number of amides is 1. The zero-order chi connectivity index (χ0) is 16.0. The van der Waals surface area contributed by atoms with Crippen molar-refractivity contribution in [2.75, 3.05) is 6.54 Å². The van der Waals surface area contributed by atoms with Crippen LogP contribution in [0.3, 0.4) is 0 Å². The van der Waals surface area contributed by atoms with Gasteiger partial charge in [0.25, 0.3) is 0 Å². The third-order valence-corrected chi connectivity index (χ3v) is 4.81. The van der Waals surface area contributed by atoms with Crippen LogP contribution in [0.15, 0.2) is 35.1 Å². The van der Waals surface area contributed by atoms with Gasteiger partial charge in [0, 0.05) is 18.5 Å². The van der Waals surface area contributed by atoms with Crippen molar-refractivity contribution in [1.82, 2.24) is 4.90 Å². The summed E-state index contributed by atoms with van der Waals surface area (Å²) < 4.78 is 38.1. The van der Waals surface area contributed by atoms with Crippen molar-refractivity contribution in [3.63, 3.8) is 0 Å². The van der Waals surface area contributed by atoms with E-state index >= 15 is 0 Å². The predicted molar refractivity (Wildman–Crippen MR) is 75.4 cm³/mol. The lowest BCUT2D eigenvalue weighted by molar-refractivity contribution is -0.186. The van der Waals surface area contributed by atoms with Crippen molar-refractivity contribution in [3.8, 4) is 0 Å². The van der Waals surface area contributed by atoms with E-state index in [0.29, 0.717) is 12.0 Å². The van der Waals surface area contributed by atoms with Gasteiger partial charge in [-0.15, -0.1) is 0 Å². The van der Waals surface area contributed by atoms with Gasteiger partial charge in [0.2, 0.25) is 0 Å². The molecule has 1 aromatic rings. The maximum absolute atomic E-state index is 12.7. The molecule has 2 aliphatic rings. The molecular weight excluding hydrogens is 315 g/mol. The minimum atomic E-state index is -4.87. The molecule has 0 saturated heterocycles. The number of hydrogen-bond donors (Lipinski definition) is 0. The SMILES string of the molecule is O=C1C=CC2(C=C1)CCN(C(=O)C(F)(F)F)Cc1cscc12. The van der Waals surface area contributed by atoms with E-state index in [1.807, 2.05) is 5.38 Å². The molecule has 0 saturated carbocycles. The smallest absolute Gasteiger partial charge is 0.330 e. The van der Waals surface area contributed by atoms with Crippen LogP contribution in [-0.2, 0) is 21.5 Å². The number of thiophene rings is 1. The number of carbonyl (C=O) groups excluding carboxylic acids is 2. The predicted octanol–water partition coefficient (Wildman–Crippen LogP) is 2.98. The van der Waals surface area contributed by atoms with Gasteiger partial charge in [-0.3, -0.25) is 9.59 Å². The fraction of sp³-hybridized carbons (Fsp3) is 0.333. The Morgan fingerprint density at radius 3 is 2.55 bits per heavy atom. The van der Waals surface area contributed by atoms with Crippen LogP contribution in [0.25, 0.3) is 0 Å². The Labute approximate surface area is 128 Å². The number of fused-ring (bicyclic) bond motifs is 2. The van der Waals surface area contributed by atoms with Gasteiger partial charge in [-0.05, 0) is 40.5 Å². The number of allylic oxidation sites excluding steroid dienone is 4. The van der Waals surface area contributed by atoms with E-state index < -0.39 is 17.5 Å². The lowest BCUT2D eigenvalue weighted by Gasteiger charge is -2.28. The summed E-state index contributed by atoms with van der Waals surface area (Å²) in [5, 5.41) is 3.64. The average Bonchev–Trinajstić information content (AvgIpc) is 2.87. The van der Waals surface area contributed by atoms with Gasteiger partial charge in [-0.25, -0.2) is 0 Å². The van der Waals surface area contributed by atoms with Gasteiger partial charge in [0.1, 0.15) is 0 Å². The normalized spacial score (nSPS) is 20.1. The first kappa shape index (κ1) is 15.0. The number of nitrogens with zero attached hydrogens (tertiary/aromatic N) is 1. The minimum absolute atomic E-state index is 0.0133. The van der Waals surface area contributed by atoms with Gasteiger partial charge >= 0.3 is 12.1 Å². The monoisotopic (exact) mass is 327 g/mol. The van der Waals surface area contributed by atoms with Gasteiger partial charge < -0.3 is 4.90 Å². The van der Waals surface area contributed by atoms with Crippen LogP contribution >= 0.6 is 11.3 Å². The van der Waals surface area contributed by atoms with E-state index in [9.17, 15) is 22.8 Å². The standard InChI is InChI=1S/C15H12F3NO2S/c16-15(17,18)13(21)19-6-5-14(3-1-11(20)2-4-14)12-9-22-8-10(12)7-19/h1-4,8-9H,5-7H2. The largest absolute Gasteiger partial charge is 0.471 e. The Morgan fingerprint density at radius 2 is 1.91 bits per heavy atom. The molecule has 3 rings (SSSR count). The Kier molecular flexibility index (Phi) is 3.47. The number of alkyl halides is 3. The lowest BCUT2D eigenvalue weighted by atomic mass is 9.75. The van der Waals surface area contributed by atoms with E-state index in [2.05, 4.69) is 0 Å². The third kappa shape index (κ3) is 2.49. The van der Waals surface area contributed by atoms with Crippen LogP contribution in [0, 0.1) is 0 Å². The third-order valence-electron chi connectivity index (χ3n) is 4.02. The fourth-order valence-electron chi connectivity index (χ4n) is 2.87. The second-order valence-electron chi connectivity index (χ2n) is 5.39. The fourth-order valence-corrected chi connectivity index (χ4v) is 3.81. The van der Waals surface area contributed by atoms with Crippen LogP contribution in [0.5, 0.6) is 0 Å². The molecular formula is C15H12F3NO2S. The zero-order valence-corrected chi connectivity index (χ0v) is 12.2. The van der Waals surface area contributed by atoms with Crippen molar-refractivity contribution in [3.05, 3.63) is 46.2 Å². The molecule has 0 fully saturated rings. The molecule has 22 heavy (non-hydrogen) atoms. The van der Waals surface area contributed by atoms with Crippen molar-refractivity contribution in [2.45, 2.75) is 24.6 Å². The number of halogens is 3. The average molecular weight is 327 g/mol. The summed E-state index contributed by atoms with van der Waals surface area (Å²) >= 11 is 1.38. The van der Waals surface area contributed by atoms with Crippen molar-refractivity contribution < 1.29 is 22.8 Å². The van der Waals surface area contributed by atoms with Crippen molar-refractivity contribution in [2.24, 2.45) is 0 Å². The van der Waals surface area contributed by atoms with Crippen LogP contribution in [0.2, 0.25) is 0 Å². The van der Waals surface area contributed by atoms with E-state index in [-0.39, 0.29) is 18.9 Å². The molecule has 0 atom stereocenters. The molecule has 3 nitrogen and oxygen atoms in total. The van der Waals surface area contributed by atoms with Crippen LogP contribution in [-0.4, -0.2) is 29.3 Å². The highest BCUT2D eigenvalue weighted by molar-refractivity contribution is 7.08. The molecule has 0 bridgehead atoms. The van der Waals surface area contributed by atoms with Gasteiger partial charge in [-0.1, -0.05) is 12.2 Å². The van der Waals surface area contributed by atoms with E-state index in [4.69, 9.17) is 0 Å². The lowest BCUT2D eigenvalue weighted by Crippen LogP contribution is -2.41. The van der Waals surface area contributed by atoms with E-state index in [0.717, 1.165) is 10.5 Å².